The zero-order valence-corrected chi connectivity index (χ0v) is 17.2. The van der Waals surface area contributed by atoms with E-state index in [1.165, 1.54) is 22.5 Å². The number of amides is 1. The third-order valence-electron chi connectivity index (χ3n) is 4.62. The second-order valence-corrected chi connectivity index (χ2v) is 8.76. The van der Waals surface area contributed by atoms with Gasteiger partial charge in [-0.05, 0) is 50.1 Å². The largest absolute Gasteiger partial charge is 0.376 e. The first kappa shape index (κ1) is 20.6. The van der Waals surface area contributed by atoms with Crippen LogP contribution >= 0.6 is 11.6 Å². The molecule has 0 aromatic heterocycles. The van der Waals surface area contributed by atoms with Crippen LogP contribution in [-0.2, 0) is 14.8 Å². The number of ether oxygens (including phenoxy) is 1. The summed E-state index contributed by atoms with van der Waals surface area (Å²) < 4.78 is 33.1. The molecule has 0 unspecified atom stereocenters. The lowest BCUT2D eigenvalue weighted by Gasteiger charge is -2.23. The molecule has 6 nitrogen and oxygen atoms in total. The van der Waals surface area contributed by atoms with E-state index in [2.05, 4.69) is 5.32 Å². The molecule has 0 radical (unpaired) electrons. The molecule has 0 spiro atoms. The Bertz CT molecular complexity index is 928. The van der Waals surface area contributed by atoms with Crippen LogP contribution in [0.2, 0.25) is 5.02 Å². The molecule has 0 aliphatic carbocycles. The van der Waals surface area contributed by atoms with Gasteiger partial charge in [-0.25, -0.2) is 8.42 Å². The molecule has 1 fully saturated rings. The maximum absolute atomic E-state index is 13.1. The topological polar surface area (TPSA) is 75.7 Å². The number of benzene rings is 2. The van der Waals surface area contributed by atoms with Gasteiger partial charge < -0.3 is 10.1 Å². The van der Waals surface area contributed by atoms with Gasteiger partial charge in [0.2, 0.25) is 0 Å². The van der Waals surface area contributed by atoms with Crippen molar-refractivity contribution in [1.29, 1.82) is 0 Å². The first-order valence-electron chi connectivity index (χ1n) is 9.20. The molecular formula is C20H23ClN2O4S. The number of hydrogen-bond donors (Lipinski definition) is 1. The quantitative estimate of drug-likeness (QED) is 0.741. The van der Waals surface area contributed by atoms with E-state index in [4.69, 9.17) is 16.3 Å². The van der Waals surface area contributed by atoms with Gasteiger partial charge in [0.15, 0.2) is 0 Å². The molecule has 0 bridgehead atoms. The maximum Gasteiger partial charge on any atom is 0.264 e. The Labute approximate surface area is 170 Å². The molecule has 1 aliphatic rings. The van der Waals surface area contributed by atoms with Crippen LogP contribution in [0.1, 0.15) is 30.1 Å². The average Bonchev–Trinajstić information content (AvgIpc) is 3.21. The Morgan fingerprint density at radius 3 is 2.64 bits per heavy atom. The monoisotopic (exact) mass is 422 g/mol. The van der Waals surface area contributed by atoms with E-state index in [1.54, 1.807) is 31.2 Å². The van der Waals surface area contributed by atoms with E-state index in [0.29, 0.717) is 18.8 Å². The van der Waals surface area contributed by atoms with Gasteiger partial charge in [-0.15, -0.1) is 0 Å². The Balaban J connectivity index is 1.85. The first-order valence-corrected chi connectivity index (χ1v) is 11.0. The summed E-state index contributed by atoms with van der Waals surface area (Å²) in [6.07, 6.45) is 1.86. The van der Waals surface area contributed by atoms with Gasteiger partial charge in [0.1, 0.15) is 0 Å². The molecule has 28 heavy (non-hydrogen) atoms. The summed E-state index contributed by atoms with van der Waals surface area (Å²) in [4.78, 5) is 12.6. The van der Waals surface area contributed by atoms with E-state index >= 15 is 0 Å². The van der Waals surface area contributed by atoms with Crippen LogP contribution in [0, 0.1) is 0 Å². The standard InChI is InChI=1S/C20H23ClN2O4S/c1-2-23(15-7-4-3-5-8-15)28(25,26)17-10-11-19(21)18(13-17)20(24)22-14-16-9-6-12-27-16/h3-5,7-8,10-11,13,16H,2,6,9,12,14H2,1H3,(H,22,24)/t16-/m1/s1. The molecule has 2 aromatic carbocycles. The molecule has 0 saturated carbocycles. The van der Waals surface area contributed by atoms with Gasteiger partial charge in [0, 0.05) is 19.7 Å². The summed E-state index contributed by atoms with van der Waals surface area (Å²) in [5.41, 5.74) is 0.689. The van der Waals surface area contributed by atoms with Crippen molar-refractivity contribution < 1.29 is 17.9 Å². The highest BCUT2D eigenvalue weighted by atomic mass is 35.5. The first-order chi connectivity index (χ1) is 13.4. The molecule has 1 heterocycles. The number of nitrogens with zero attached hydrogens (tertiary/aromatic N) is 1. The lowest BCUT2D eigenvalue weighted by atomic mass is 10.2. The van der Waals surface area contributed by atoms with Crippen LogP contribution in [0.3, 0.4) is 0 Å². The minimum atomic E-state index is -3.84. The second-order valence-electron chi connectivity index (χ2n) is 6.49. The zero-order valence-electron chi connectivity index (χ0n) is 15.6. The summed E-state index contributed by atoms with van der Waals surface area (Å²) in [7, 11) is -3.84. The van der Waals surface area contributed by atoms with Gasteiger partial charge in [-0.1, -0.05) is 29.8 Å². The molecule has 1 N–H and O–H groups in total. The molecule has 1 atom stereocenters. The lowest BCUT2D eigenvalue weighted by Crippen LogP contribution is -2.33. The van der Waals surface area contributed by atoms with Gasteiger partial charge in [0.05, 0.1) is 27.3 Å². The van der Waals surface area contributed by atoms with E-state index in [9.17, 15) is 13.2 Å². The van der Waals surface area contributed by atoms with Crippen LogP contribution in [0.25, 0.3) is 0 Å². The minimum Gasteiger partial charge on any atom is -0.376 e. The van der Waals surface area contributed by atoms with Crippen molar-refractivity contribution in [2.45, 2.75) is 30.8 Å². The molecule has 1 aliphatic heterocycles. The SMILES string of the molecule is CCN(c1ccccc1)S(=O)(=O)c1ccc(Cl)c(C(=O)NC[C@H]2CCCO2)c1. The lowest BCUT2D eigenvalue weighted by molar-refractivity contribution is 0.0857. The minimum absolute atomic E-state index is 0.0108. The van der Waals surface area contributed by atoms with Crippen molar-refractivity contribution in [3.63, 3.8) is 0 Å². The van der Waals surface area contributed by atoms with Crippen LogP contribution in [0.4, 0.5) is 5.69 Å². The third-order valence-corrected chi connectivity index (χ3v) is 6.84. The Morgan fingerprint density at radius 1 is 1.25 bits per heavy atom. The number of halogens is 1. The predicted molar refractivity (Wildman–Crippen MR) is 109 cm³/mol. The highest BCUT2D eigenvalue weighted by Crippen LogP contribution is 2.26. The number of hydrogen-bond acceptors (Lipinski definition) is 4. The molecule has 2 aromatic rings. The number of nitrogens with one attached hydrogen (secondary N) is 1. The molecule has 8 heteroatoms. The van der Waals surface area contributed by atoms with E-state index < -0.39 is 15.9 Å². The average molecular weight is 423 g/mol. The van der Waals surface area contributed by atoms with Gasteiger partial charge in [-0.2, -0.15) is 0 Å². The maximum atomic E-state index is 13.1. The number of carbonyl (C=O) groups is 1. The van der Waals surface area contributed by atoms with Crippen LogP contribution in [-0.4, -0.2) is 40.1 Å². The van der Waals surface area contributed by atoms with E-state index in [-0.39, 0.29) is 28.1 Å². The number of carbonyl (C=O) groups excluding carboxylic acids is 1. The summed E-state index contributed by atoms with van der Waals surface area (Å²) in [5.74, 6) is -0.416. The fourth-order valence-electron chi connectivity index (χ4n) is 3.16. The fourth-order valence-corrected chi connectivity index (χ4v) is 4.86. The Kier molecular flexibility index (Phi) is 6.59. The Morgan fingerprint density at radius 2 is 2.00 bits per heavy atom. The summed E-state index contributed by atoms with van der Waals surface area (Å²) >= 11 is 6.17. The van der Waals surface area contributed by atoms with Crippen molar-refractivity contribution >= 4 is 33.2 Å². The highest BCUT2D eigenvalue weighted by molar-refractivity contribution is 7.92. The van der Waals surface area contributed by atoms with Crippen molar-refractivity contribution in [1.82, 2.24) is 5.32 Å². The van der Waals surface area contributed by atoms with Gasteiger partial charge >= 0.3 is 0 Å². The van der Waals surface area contributed by atoms with Crippen molar-refractivity contribution in [2.24, 2.45) is 0 Å². The second kappa shape index (κ2) is 8.94. The van der Waals surface area contributed by atoms with Crippen molar-refractivity contribution in [2.75, 3.05) is 24.0 Å². The summed E-state index contributed by atoms with van der Waals surface area (Å²) in [6.45, 7) is 3.09. The van der Waals surface area contributed by atoms with E-state index in [0.717, 1.165) is 12.8 Å². The molecular weight excluding hydrogens is 400 g/mol. The van der Waals surface area contributed by atoms with Crippen LogP contribution in [0.15, 0.2) is 53.4 Å². The molecule has 150 valence electrons. The number of para-hydroxylation sites is 1. The van der Waals surface area contributed by atoms with Crippen LogP contribution < -0.4 is 9.62 Å². The number of rotatable bonds is 7. The van der Waals surface area contributed by atoms with Crippen LogP contribution in [0.5, 0.6) is 0 Å². The Hall–Kier alpha value is -2.09. The van der Waals surface area contributed by atoms with Crippen molar-refractivity contribution in [3.8, 4) is 0 Å². The van der Waals surface area contributed by atoms with Gasteiger partial charge in [-0.3, -0.25) is 9.10 Å². The predicted octanol–water partition coefficient (Wildman–Crippen LogP) is 3.46. The highest BCUT2D eigenvalue weighted by Gasteiger charge is 2.26. The molecule has 1 amide bonds. The summed E-state index contributed by atoms with van der Waals surface area (Å²) in [6, 6.07) is 13.0. The zero-order chi connectivity index (χ0) is 20.1. The number of sulfonamides is 1. The van der Waals surface area contributed by atoms with Gasteiger partial charge in [0.25, 0.3) is 15.9 Å². The summed E-state index contributed by atoms with van der Waals surface area (Å²) in [5, 5.41) is 2.98. The smallest absolute Gasteiger partial charge is 0.264 e. The van der Waals surface area contributed by atoms with E-state index in [1.807, 2.05) is 6.07 Å². The number of anilines is 1. The third kappa shape index (κ3) is 4.48. The molecule has 1 saturated heterocycles. The fraction of sp³-hybridized carbons (Fsp3) is 0.350. The normalized spacial score (nSPS) is 16.7. The van der Waals surface area contributed by atoms with Crippen molar-refractivity contribution in [3.05, 3.63) is 59.1 Å². The molecule has 3 rings (SSSR count).